The van der Waals surface area contributed by atoms with E-state index in [0.717, 1.165) is 6.07 Å². The first kappa shape index (κ1) is 12.3. The van der Waals surface area contributed by atoms with Gasteiger partial charge in [-0.1, -0.05) is 0 Å². The van der Waals surface area contributed by atoms with Crippen LogP contribution in [-0.2, 0) is 5.88 Å². The summed E-state index contributed by atoms with van der Waals surface area (Å²) < 4.78 is 25.2. The van der Waals surface area contributed by atoms with Gasteiger partial charge in [0.2, 0.25) is 0 Å². The third-order valence-corrected chi connectivity index (χ3v) is 2.07. The van der Waals surface area contributed by atoms with Gasteiger partial charge in [-0.05, 0) is 15.5 Å². The summed E-state index contributed by atoms with van der Waals surface area (Å²) in [4.78, 5) is 12.8. The molecule has 0 aliphatic carbocycles. The predicted molar refractivity (Wildman–Crippen MR) is 50.1 cm³/mol. The first-order valence-electron chi connectivity index (χ1n) is 3.93. The van der Waals surface area contributed by atoms with E-state index in [-0.39, 0.29) is 11.4 Å². The van der Waals surface area contributed by atoms with E-state index in [1.807, 2.05) is 0 Å². The number of nitriles is 1. The normalized spacial score (nSPS) is 10.2. The molecule has 84 valence electrons. The Bertz CT molecular complexity index is 473. The molecule has 0 saturated carbocycles. The standard InChI is InChI=1S/C8H4ClF2N3O2/c9-2-4-1-6(14(15)16)13-5(3-12)7(4)8(10)11/h1,8H,2H2. The summed E-state index contributed by atoms with van der Waals surface area (Å²) in [5, 5.41) is 19.0. The second-order valence-corrected chi connectivity index (χ2v) is 2.97. The van der Waals surface area contributed by atoms with Crippen LogP contribution < -0.4 is 0 Å². The van der Waals surface area contributed by atoms with Crippen molar-refractivity contribution in [1.82, 2.24) is 4.98 Å². The van der Waals surface area contributed by atoms with Gasteiger partial charge < -0.3 is 10.1 Å². The molecule has 1 aromatic heterocycles. The van der Waals surface area contributed by atoms with Crippen LogP contribution in [0.2, 0.25) is 0 Å². The van der Waals surface area contributed by atoms with Crippen LogP contribution >= 0.6 is 11.6 Å². The maximum absolute atomic E-state index is 12.6. The molecule has 1 heterocycles. The second-order valence-electron chi connectivity index (χ2n) is 2.71. The molecule has 16 heavy (non-hydrogen) atoms. The highest BCUT2D eigenvalue weighted by molar-refractivity contribution is 6.17. The Morgan fingerprint density at radius 2 is 2.31 bits per heavy atom. The maximum Gasteiger partial charge on any atom is 0.365 e. The average Bonchev–Trinajstić information content (AvgIpc) is 2.26. The van der Waals surface area contributed by atoms with Crippen molar-refractivity contribution >= 4 is 17.4 Å². The fourth-order valence-electron chi connectivity index (χ4n) is 1.13. The molecule has 0 fully saturated rings. The summed E-state index contributed by atoms with van der Waals surface area (Å²) in [5.41, 5.74) is -1.47. The van der Waals surface area contributed by atoms with Crippen LogP contribution in [0, 0.1) is 21.4 Å². The molecule has 0 radical (unpaired) electrons. The van der Waals surface area contributed by atoms with Crippen molar-refractivity contribution < 1.29 is 13.7 Å². The van der Waals surface area contributed by atoms with Gasteiger partial charge in [0.15, 0.2) is 0 Å². The third kappa shape index (κ3) is 2.23. The van der Waals surface area contributed by atoms with Crippen molar-refractivity contribution in [1.29, 1.82) is 5.26 Å². The lowest BCUT2D eigenvalue weighted by Gasteiger charge is -2.04. The van der Waals surface area contributed by atoms with Gasteiger partial charge in [-0.2, -0.15) is 5.26 Å². The van der Waals surface area contributed by atoms with Crippen molar-refractivity contribution in [2.75, 3.05) is 0 Å². The number of nitrogens with zero attached hydrogens (tertiary/aromatic N) is 3. The van der Waals surface area contributed by atoms with Gasteiger partial charge in [-0.3, -0.25) is 0 Å². The Balaban J connectivity index is 3.51. The molecule has 1 rings (SSSR count). The van der Waals surface area contributed by atoms with Crippen LogP contribution in [-0.4, -0.2) is 9.91 Å². The Hall–Kier alpha value is -1.81. The van der Waals surface area contributed by atoms with E-state index < -0.39 is 28.4 Å². The van der Waals surface area contributed by atoms with Crippen LogP contribution in [0.15, 0.2) is 6.07 Å². The minimum absolute atomic E-state index is 0.157. The summed E-state index contributed by atoms with van der Waals surface area (Å²) in [6.45, 7) is 0. The Morgan fingerprint density at radius 3 is 2.69 bits per heavy atom. The molecule has 0 N–H and O–H groups in total. The molecular formula is C8H4ClF2N3O2. The number of halogens is 3. The number of aromatic nitrogens is 1. The summed E-state index contributed by atoms with van der Waals surface area (Å²) in [6, 6.07) is 2.24. The zero-order valence-corrected chi connectivity index (χ0v) is 8.41. The minimum atomic E-state index is -2.95. The van der Waals surface area contributed by atoms with Crippen molar-refractivity contribution in [2.24, 2.45) is 0 Å². The molecule has 8 heteroatoms. The van der Waals surface area contributed by atoms with E-state index in [4.69, 9.17) is 16.9 Å². The molecule has 0 unspecified atom stereocenters. The topological polar surface area (TPSA) is 79.8 Å². The Labute approximate surface area is 93.4 Å². The van der Waals surface area contributed by atoms with E-state index in [1.165, 1.54) is 6.07 Å². The second kappa shape index (κ2) is 4.81. The number of nitro groups is 1. The van der Waals surface area contributed by atoms with E-state index >= 15 is 0 Å². The SMILES string of the molecule is N#Cc1nc([N+](=O)[O-])cc(CCl)c1C(F)F. The van der Waals surface area contributed by atoms with Crippen molar-refractivity contribution in [3.63, 3.8) is 0 Å². The van der Waals surface area contributed by atoms with Crippen LogP contribution in [0.1, 0.15) is 23.2 Å². The highest BCUT2D eigenvalue weighted by Crippen LogP contribution is 2.29. The van der Waals surface area contributed by atoms with Crippen LogP contribution in [0.25, 0.3) is 0 Å². The summed E-state index contributed by atoms with van der Waals surface area (Å²) >= 11 is 5.39. The molecule has 0 bridgehead atoms. The molecule has 0 saturated heterocycles. The van der Waals surface area contributed by atoms with Crippen LogP contribution in [0.4, 0.5) is 14.6 Å². The molecule has 1 aromatic rings. The van der Waals surface area contributed by atoms with Gasteiger partial charge in [-0.15, -0.1) is 11.6 Å². The molecular weight excluding hydrogens is 244 g/mol. The quantitative estimate of drug-likeness (QED) is 0.467. The van der Waals surface area contributed by atoms with Crippen LogP contribution in [0.3, 0.4) is 0 Å². The summed E-state index contributed by atoms with van der Waals surface area (Å²) in [7, 11) is 0. The number of alkyl halides is 3. The van der Waals surface area contributed by atoms with Crippen molar-refractivity contribution in [3.05, 3.63) is 33.0 Å². The zero-order chi connectivity index (χ0) is 12.3. The largest absolute Gasteiger partial charge is 0.365 e. The number of hydrogen-bond donors (Lipinski definition) is 0. The predicted octanol–water partition coefficient (Wildman–Crippen LogP) is 2.54. The lowest BCUT2D eigenvalue weighted by atomic mass is 10.1. The van der Waals surface area contributed by atoms with E-state index in [1.54, 1.807) is 0 Å². The third-order valence-electron chi connectivity index (χ3n) is 1.79. The molecule has 0 aromatic carbocycles. The summed E-state index contributed by atoms with van der Waals surface area (Å²) in [6.07, 6.45) is -2.95. The lowest BCUT2D eigenvalue weighted by Crippen LogP contribution is -2.03. The highest BCUT2D eigenvalue weighted by atomic mass is 35.5. The number of hydrogen-bond acceptors (Lipinski definition) is 4. The van der Waals surface area contributed by atoms with Crippen molar-refractivity contribution in [2.45, 2.75) is 12.3 Å². The van der Waals surface area contributed by atoms with Gasteiger partial charge in [0.05, 0.1) is 5.56 Å². The maximum atomic E-state index is 12.6. The van der Waals surface area contributed by atoms with Gasteiger partial charge in [-0.25, -0.2) is 8.78 Å². The smallest absolute Gasteiger partial charge is 0.358 e. The molecule has 0 amide bonds. The van der Waals surface area contributed by atoms with E-state index in [9.17, 15) is 18.9 Å². The first-order chi connectivity index (χ1) is 7.51. The molecule has 0 atom stereocenters. The lowest BCUT2D eigenvalue weighted by molar-refractivity contribution is -0.389. The summed E-state index contributed by atoms with van der Waals surface area (Å²) in [5.74, 6) is -1.02. The minimum Gasteiger partial charge on any atom is -0.358 e. The molecule has 0 aliphatic rings. The zero-order valence-electron chi connectivity index (χ0n) is 7.65. The van der Waals surface area contributed by atoms with Gasteiger partial charge in [0, 0.05) is 11.9 Å². The van der Waals surface area contributed by atoms with E-state index in [2.05, 4.69) is 4.98 Å². The Kier molecular flexibility index (Phi) is 3.68. The van der Waals surface area contributed by atoms with E-state index in [0.29, 0.717) is 0 Å². The number of rotatable bonds is 3. The average molecular weight is 248 g/mol. The fourth-order valence-corrected chi connectivity index (χ4v) is 1.35. The monoisotopic (exact) mass is 247 g/mol. The van der Waals surface area contributed by atoms with Crippen molar-refractivity contribution in [3.8, 4) is 6.07 Å². The highest BCUT2D eigenvalue weighted by Gasteiger charge is 2.26. The number of pyridine rings is 1. The Morgan fingerprint density at radius 1 is 1.69 bits per heavy atom. The molecule has 5 nitrogen and oxygen atoms in total. The van der Waals surface area contributed by atoms with Gasteiger partial charge in [0.25, 0.3) is 12.1 Å². The fraction of sp³-hybridized carbons (Fsp3) is 0.250. The van der Waals surface area contributed by atoms with Gasteiger partial charge in [0.1, 0.15) is 6.07 Å². The molecule has 0 aliphatic heterocycles. The first-order valence-corrected chi connectivity index (χ1v) is 4.47. The molecule has 0 spiro atoms. The van der Waals surface area contributed by atoms with Crippen LogP contribution in [0.5, 0.6) is 0 Å². The van der Waals surface area contributed by atoms with Gasteiger partial charge >= 0.3 is 5.82 Å².